The maximum absolute atomic E-state index is 13.8. The maximum atomic E-state index is 13.8. The van der Waals surface area contributed by atoms with Gasteiger partial charge in [0, 0.05) is 6.21 Å². The summed E-state index contributed by atoms with van der Waals surface area (Å²) in [7, 11) is 0. The number of aromatic amines is 1. The Morgan fingerprint density at radius 3 is 2.64 bits per heavy atom. The Labute approximate surface area is 137 Å². The van der Waals surface area contributed by atoms with Crippen molar-refractivity contribution in [2.24, 2.45) is 4.99 Å². The van der Waals surface area contributed by atoms with Gasteiger partial charge in [0.15, 0.2) is 23.3 Å². The van der Waals surface area contributed by atoms with Crippen LogP contribution in [0.3, 0.4) is 0 Å². The quantitative estimate of drug-likeness (QED) is 0.163. The summed E-state index contributed by atoms with van der Waals surface area (Å²) in [5.74, 6) is -10.3. The number of aliphatic imine (C=N–C) groups is 1. The fourth-order valence-electron chi connectivity index (χ4n) is 1.70. The lowest BCUT2D eigenvalue weighted by Gasteiger charge is -2.09. The van der Waals surface area contributed by atoms with Crippen molar-refractivity contribution in [1.82, 2.24) is 15.2 Å². The first-order chi connectivity index (χ1) is 11.9. The first-order valence-corrected chi connectivity index (χ1v) is 6.70. The number of carbonyl (C=O) groups is 1. The summed E-state index contributed by atoms with van der Waals surface area (Å²) < 4.78 is 58.2. The minimum Gasteiger partial charge on any atom is -0.506 e. The number of aliphatic hydroxyl groups excluding tert-OH is 1. The van der Waals surface area contributed by atoms with E-state index in [9.17, 15) is 27.5 Å². The fourth-order valence-corrected chi connectivity index (χ4v) is 1.70. The van der Waals surface area contributed by atoms with Crippen molar-refractivity contribution in [3.05, 3.63) is 46.8 Å². The molecule has 25 heavy (non-hydrogen) atoms. The Kier molecular flexibility index (Phi) is 5.47. The summed E-state index contributed by atoms with van der Waals surface area (Å²) in [5.41, 5.74) is -1.81. The minimum atomic E-state index is -2.14. The highest BCUT2D eigenvalue weighted by molar-refractivity contribution is 6.15. The van der Waals surface area contributed by atoms with E-state index in [2.05, 4.69) is 24.9 Å². The molecule has 1 aromatic carbocycles. The molecule has 0 radical (unpaired) electrons. The van der Waals surface area contributed by atoms with Crippen LogP contribution in [0.15, 0.2) is 23.0 Å². The molecule has 0 unspecified atom stereocenters. The van der Waals surface area contributed by atoms with Gasteiger partial charge in [-0.25, -0.2) is 32.4 Å². The van der Waals surface area contributed by atoms with Gasteiger partial charge in [0.2, 0.25) is 5.95 Å². The second kappa shape index (κ2) is 7.55. The molecule has 0 fully saturated rings. The van der Waals surface area contributed by atoms with Gasteiger partial charge in [-0.05, 0) is 13.0 Å². The van der Waals surface area contributed by atoms with Crippen LogP contribution in [-0.2, 0) is 9.53 Å². The van der Waals surface area contributed by atoms with E-state index in [4.69, 9.17) is 0 Å². The number of rotatable bonds is 5. The van der Waals surface area contributed by atoms with E-state index in [-0.39, 0.29) is 18.6 Å². The molecule has 0 spiro atoms. The van der Waals surface area contributed by atoms with Crippen LogP contribution >= 0.6 is 0 Å². The number of aromatic nitrogens is 3. The smallest absolute Gasteiger partial charge is 0.343 e. The van der Waals surface area contributed by atoms with E-state index in [0.717, 1.165) is 12.5 Å². The number of H-pyrrole nitrogens is 1. The summed E-state index contributed by atoms with van der Waals surface area (Å²) in [6.45, 7) is 1.35. The molecule has 0 saturated heterocycles. The monoisotopic (exact) mass is 358 g/mol. The van der Waals surface area contributed by atoms with Crippen LogP contribution in [0.1, 0.15) is 12.5 Å². The van der Waals surface area contributed by atoms with E-state index in [1.54, 1.807) is 0 Å². The van der Waals surface area contributed by atoms with Crippen LogP contribution in [0.25, 0.3) is 5.76 Å². The lowest BCUT2D eigenvalue weighted by Crippen LogP contribution is -2.12. The number of halogens is 4. The van der Waals surface area contributed by atoms with Crippen molar-refractivity contribution in [2.45, 2.75) is 6.92 Å². The standard InChI is InChI=1S/C14H10F4N4O3/c1-2-25-13(24)7(4-19-14-20-5-21-22-14)12(23)6-3-8(15)10(17)11(18)9(6)16/h3-5,23H,2H2,1H3,(H,20,21,22)/b12-7-,19-4+. The molecule has 0 bridgehead atoms. The molecule has 11 heteroatoms. The number of aliphatic hydroxyl groups is 1. The normalized spacial score (nSPS) is 12.4. The summed E-state index contributed by atoms with van der Waals surface area (Å²) >= 11 is 0. The predicted octanol–water partition coefficient (Wildman–Crippen LogP) is 2.60. The number of nitrogens with one attached hydrogen (secondary N) is 1. The van der Waals surface area contributed by atoms with Gasteiger partial charge in [0.1, 0.15) is 17.7 Å². The third-order valence-electron chi connectivity index (χ3n) is 2.83. The SMILES string of the molecule is CCOC(=O)C(/C=N/c1ncn[nH]1)=C(\O)c1cc(F)c(F)c(F)c1F. The van der Waals surface area contributed by atoms with Crippen LogP contribution in [0.4, 0.5) is 23.5 Å². The molecule has 0 aliphatic carbocycles. The van der Waals surface area contributed by atoms with E-state index in [0.29, 0.717) is 0 Å². The third kappa shape index (κ3) is 3.82. The first-order valence-electron chi connectivity index (χ1n) is 6.70. The van der Waals surface area contributed by atoms with Crippen LogP contribution in [0, 0.1) is 23.3 Å². The largest absolute Gasteiger partial charge is 0.506 e. The number of hydrogen-bond donors (Lipinski definition) is 2. The molecule has 2 aromatic rings. The van der Waals surface area contributed by atoms with Crippen molar-refractivity contribution < 1.29 is 32.2 Å². The van der Waals surface area contributed by atoms with Crippen molar-refractivity contribution in [2.75, 3.05) is 6.61 Å². The molecule has 0 aliphatic rings. The number of nitrogens with zero attached hydrogens (tertiary/aromatic N) is 3. The van der Waals surface area contributed by atoms with Gasteiger partial charge in [-0.15, -0.1) is 0 Å². The maximum Gasteiger partial charge on any atom is 0.343 e. The van der Waals surface area contributed by atoms with Gasteiger partial charge in [-0.1, -0.05) is 0 Å². The van der Waals surface area contributed by atoms with Crippen molar-refractivity contribution >= 4 is 23.9 Å². The molecule has 0 amide bonds. The summed E-state index contributed by atoms with van der Waals surface area (Å²) in [6.07, 6.45) is 1.83. The predicted molar refractivity (Wildman–Crippen MR) is 77.0 cm³/mol. The van der Waals surface area contributed by atoms with Gasteiger partial charge in [-0.2, -0.15) is 10.1 Å². The van der Waals surface area contributed by atoms with Gasteiger partial charge >= 0.3 is 5.97 Å². The molecule has 2 N–H and O–H groups in total. The number of esters is 1. The topological polar surface area (TPSA) is 100 Å². The first kappa shape index (κ1) is 18.1. The number of ether oxygens (including phenoxy) is 1. The Balaban J connectivity index is 2.59. The third-order valence-corrected chi connectivity index (χ3v) is 2.83. The molecule has 0 atom stereocenters. The van der Waals surface area contributed by atoms with Crippen LogP contribution in [0.5, 0.6) is 0 Å². The Morgan fingerprint density at radius 1 is 1.32 bits per heavy atom. The number of hydrogen-bond acceptors (Lipinski definition) is 6. The molecule has 1 aromatic heterocycles. The number of benzene rings is 1. The lowest BCUT2D eigenvalue weighted by atomic mass is 10.1. The van der Waals surface area contributed by atoms with Crippen LogP contribution in [0.2, 0.25) is 0 Å². The summed E-state index contributed by atoms with van der Waals surface area (Å²) in [5, 5.41) is 15.9. The van der Waals surface area contributed by atoms with Crippen molar-refractivity contribution in [1.29, 1.82) is 0 Å². The lowest BCUT2D eigenvalue weighted by molar-refractivity contribution is -0.137. The fraction of sp³-hybridized carbons (Fsp3) is 0.143. The summed E-state index contributed by atoms with van der Waals surface area (Å²) in [6, 6.07) is 0.199. The van der Waals surface area contributed by atoms with Gasteiger partial charge in [0.05, 0.1) is 12.2 Å². The molecule has 1 heterocycles. The van der Waals surface area contributed by atoms with E-state index in [1.165, 1.54) is 6.92 Å². The number of carbonyl (C=O) groups excluding carboxylic acids is 1. The van der Waals surface area contributed by atoms with Crippen molar-refractivity contribution in [3.63, 3.8) is 0 Å². The van der Waals surface area contributed by atoms with E-state index in [1.807, 2.05) is 0 Å². The second-order valence-corrected chi connectivity index (χ2v) is 4.40. The molecular weight excluding hydrogens is 348 g/mol. The Bertz CT molecular complexity index is 850. The second-order valence-electron chi connectivity index (χ2n) is 4.40. The van der Waals surface area contributed by atoms with Crippen molar-refractivity contribution in [3.8, 4) is 0 Å². The highest BCUT2D eigenvalue weighted by Crippen LogP contribution is 2.25. The van der Waals surface area contributed by atoms with E-state index < -0.39 is 46.1 Å². The zero-order valence-electron chi connectivity index (χ0n) is 12.6. The molecule has 0 saturated carbocycles. The van der Waals surface area contributed by atoms with Gasteiger partial charge in [-0.3, -0.25) is 0 Å². The molecule has 0 aliphatic heterocycles. The zero-order valence-corrected chi connectivity index (χ0v) is 12.6. The highest BCUT2D eigenvalue weighted by Gasteiger charge is 2.25. The Morgan fingerprint density at radius 2 is 2.04 bits per heavy atom. The van der Waals surface area contributed by atoms with Crippen LogP contribution < -0.4 is 0 Å². The average Bonchev–Trinajstić information content (AvgIpc) is 3.10. The van der Waals surface area contributed by atoms with Gasteiger partial charge in [0.25, 0.3) is 0 Å². The minimum absolute atomic E-state index is 0.0773. The van der Waals surface area contributed by atoms with Gasteiger partial charge < -0.3 is 9.84 Å². The summed E-state index contributed by atoms with van der Waals surface area (Å²) in [4.78, 5) is 19.2. The Hall–Kier alpha value is -3.24. The highest BCUT2D eigenvalue weighted by atomic mass is 19.2. The zero-order chi connectivity index (χ0) is 18.6. The molecule has 132 valence electrons. The van der Waals surface area contributed by atoms with Crippen LogP contribution in [-0.4, -0.2) is 39.1 Å². The van der Waals surface area contributed by atoms with E-state index >= 15 is 0 Å². The molecular formula is C14H10F4N4O3. The molecule has 2 rings (SSSR count). The molecule has 7 nitrogen and oxygen atoms in total. The average molecular weight is 358 g/mol.